The van der Waals surface area contributed by atoms with Crippen LogP contribution < -0.4 is 0 Å². The molecule has 0 radical (unpaired) electrons. The second-order valence-corrected chi connectivity index (χ2v) is 9.57. The molecule has 1 N–H and O–H groups in total. The lowest BCUT2D eigenvalue weighted by atomic mass is 9.45. The maximum atomic E-state index is 9.59. The number of fused-ring (bicyclic) bond motifs is 3. The average molecular weight is 309 g/mol. The number of rotatable bonds is 1. The van der Waals surface area contributed by atoms with Gasteiger partial charge in [-0.1, -0.05) is 27.2 Å². The summed E-state index contributed by atoms with van der Waals surface area (Å²) in [6.45, 7) is 11.1. The Bertz CT molecular complexity index is 405. The van der Waals surface area contributed by atoms with E-state index >= 15 is 0 Å². The molecule has 2 saturated carbocycles. The third kappa shape index (κ3) is 2.65. The van der Waals surface area contributed by atoms with E-state index in [1.54, 1.807) is 0 Å². The van der Waals surface area contributed by atoms with Gasteiger partial charge in [-0.2, -0.15) is 0 Å². The van der Waals surface area contributed by atoms with Crippen molar-refractivity contribution in [1.82, 2.24) is 0 Å². The Morgan fingerprint density at radius 3 is 2.41 bits per heavy atom. The second kappa shape index (κ2) is 5.77. The monoisotopic (exact) mass is 308 g/mol. The Morgan fingerprint density at radius 2 is 1.68 bits per heavy atom. The minimum Gasteiger partial charge on any atom is -0.396 e. The summed E-state index contributed by atoms with van der Waals surface area (Å²) in [6, 6.07) is 0. The first-order valence-corrected chi connectivity index (χ1v) is 9.57. The predicted molar refractivity (Wildman–Crippen MR) is 90.7 cm³/mol. The third-order valence-electron chi connectivity index (χ3n) is 7.82. The van der Waals surface area contributed by atoms with Crippen molar-refractivity contribution in [2.24, 2.45) is 28.6 Å². The number of aliphatic hydroxyl groups is 1. The zero-order chi connectivity index (χ0) is 16.0. The maximum absolute atomic E-state index is 9.59. The Labute approximate surface area is 137 Å². The summed E-state index contributed by atoms with van der Waals surface area (Å²) in [6.07, 6.45) is 10.1. The highest BCUT2D eigenvalue weighted by Gasteiger charge is 2.58. The first kappa shape index (κ1) is 16.8. The first-order chi connectivity index (χ1) is 10.3. The quantitative estimate of drug-likeness (QED) is 0.754. The largest absolute Gasteiger partial charge is 0.396 e. The van der Waals surface area contributed by atoms with Crippen molar-refractivity contribution in [3.63, 3.8) is 0 Å². The van der Waals surface area contributed by atoms with Gasteiger partial charge in [0.15, 0.2) is 0 Å². The number of hydrogen-bond donors (Lipinski definition) is 1. The number of hydrogen-bond acceptors (Lipinski definition) is 2. The van der Waals surface area contributed by atoms with Gasteiger partial charge in [-0.15, -0.1) is 0 Å². The topological polar surface area (TPSA) is 29.5 Å². The molecule has 2 nitrogen and oxygen atoms in total. The molecule has 1 saturated heterocycles. The van der Waals surface area contributed by atoms with E-state index in [9.17, 15) is 5.11 Å². The highest BCUT2D eigenvalue weighted by Crippen LogP contribution is 2.64. The summed E-state index contributed by atoms with van der Waals surface area (Å²) in [5, 5.41) is 9.59. The molecule has 2 heteroatoms. The van der Waals surface area contributed by atoms with Crippen LogP contribution in [0.2, 0.25) is 0 Å². The van der Waals surface area contributed by atoms with Gasteiger partial charge in [0, 0.05) is 13.2 Å². The molecule has 5 atom stereocenters. The van der Waals surface area contributed by atoms with E-state index in [0.717, 1.165) is 18.9 Å². The van der Waals surface area contributed by atoms with Gasteiger partial charge >= 0.3 is 0 Å². The van der Waals surface area contributed by atoms with E-state index in [1.165, 1.54) is 44.9 Å². The van der Waals surface area contributed by atoms with Crippen LogP contribution in [-0.2, 0) is 4.74 Å². The molecular weight excluding hydrogens is 272 g/mol. The fourth-order valence-corrected chi connectivity index (χ4v) is 6.60. The molecule has 0 aromatic heterocycles. The molecule has 128 valence electrons. The van der Waals surface area contributed by atoms with Crippen LogP contribution in [0.5, 0.6) is 0 Å². The van der Waals surface area contributed by atoms with Crippen LogP contribution in [0, 0.1) is 28.6 Å². The summed E-state index contributed by atoms with van der Waals surface area (Å²) in [7, 11) is 0. The summed E-state index contributed by atoms with van der Waals surface area (Å²) in [5.41, 5.74) is 0.971. The van der Waals surface area contributed by atoms with Gasteiger partial charge in [0.2, 0.25) is 0 Å². The van der Waals surface area contributed by atoms with Crippen LogP contribution in [0.25, 0.3) is 0 Å². The van der Waals surface area contributed by atoms with E-state index < -0.39 is 0 Å². The fourth-order valence-electron chi connectivity index (χ4n) is 6.60. The van der Waals surface area contributed by atoms with Crippen molar-refractivity contribution in [2.75, 3.05) is 13.2 Å². The third-order valence-corrected chi connectivity index (χ3v) is 7.82. The lowest BCUT2D eigenvalue weighted by molar-refractivity contribution is -0.201. The minimum absolute atomic E-state index is 0.0685. The Kier molecular flexibility index (Phi) is 4.40. The van der Waals surface area contributed by atoms with Gasteiger partial charge in [-0.3, -0.25) is 0 Å². The van der Waals surface area contributed by atoms with E-state index in [1.807, 2.05) is 0 Å². The Balaban J connectivity index is 1.90. The van der Waals surface area contributed by atoms with Crippen LogP contribution >= 0.6 is 0 Å². The standard InChI is InChI=1S/C20H36O2/c1-18(2)10-5-11-19(3)16(18)8-12-20(4)17(19)7-6-15(14-21)9-13-22-20/h15-17,21H,5-14H2,1-4H3/t15-,16+,17-,19+,20-/m1/s1. The lowest BCUT2D eigenvalue weighted by Gasteiger charge is -2.62. The molecule has 2 aliphatic carbocycles. The van der Waals surface area contributed by atoms with Gasteiger partial charge in [0.05, 0.1) is 5.60 Å². The highest BCUT2D eigenvalue weighted by molar-refractivity contribution is 5.08. The molecule has 3 rings (SSSR count). The molecule has 0 amide bonds. The second-order valence-electron chi connectivity index (χ2n) is 9.57. The highest BCUT2D eigenvalue weighted by atomic mass is 16.5. The molecule has 1 heterocycles. The van der Waals surface area contributed by atoms with Crippen LogP contribution in [0.4, 0.5) is 0 Å². The minimum atomic E-state index is 0.0685. The Morgan fingerprint density at radius 1 is 0.909 bits per heavy atom. The number of ether oxygens (including phenoxy) is 1. The summed E-state index contributed by atoms with van der Waals surface area (Å²) < 4.78 is 6.48. The first-order valence-electron chi connectivity index (χ1n) is 9.57. The van der Waals surface area contributed by atoms with Crippen molar-refractivity contribution in [2.45, 2.75) is 84.7 Å². The normalized spacial score (nSPS) is 48.7. The summed E-state index contributed by atoms with van der Waals surface area (Å²) in [5.74, 6) is 1.94. The van der Waals surface area contributed by atoms with Crippen molar-refractivity contribution in [1.29, 1.82) is 0 Å². The van der Waals surface area contributed by atoms with Crippen molar-refractivity contribution >= 4 is 0 Å². The SMILES string of the molecule is CC1(C)CCC[C@]2(C)[C@H]3CC[C@@H](CO)CCO[C@]3(C)CC[C@@H]12. The van der Waals surface area contributed by atoms with Crippen LogP contribution in [0.3, 0.4) is 0 Å². The van der Waals surface area contributed by atoms with Gasteiger partial charge in [-0.05, 0) is 80.5 Å². The summed E-state index contributed by atoms with van der Waals surface area (Å²) in [4.78, 5) is 0. The molecule has 0 bridgehead atoms. The van der Waals surface area contributed by atoms with Gasteiger partial charge < -0.3 is 9.84 Å². The molecule has 3 aliphatic rings. The molecule has 0 unspecified atom stereocenters. The fraction of sp³-hybridized carbons (Fsp3) is 1.00. The smallest absolute Gasteiger partial charge is 0.0687 e. The molecule has 0 aromatic rings. The molecule has 1 aliphatic heterocycles. The van der Waals surface area contributed by atoms with E-state index in [4.69, 9.17) is 4.74 Å². The molecule has 0 aromatic carbocycles. The summed E-state index contributed by atoms with van der Waals surface area (Å²) >= 11 is 0. The van der Waals surface area contributed by atoms with E-state index in [0.29, 0.717) is 29.3 Å². The molecule has 0 spiro atoms. The van der Waals surface area contributed by atoms with E-state index in [2.05, 4.69) is 27.7 Å². The van der Waals surface area contributed by atoms with Crippen molar-refractivity contribution in [3.8, 4) is 0 Å². The zero-order valence-electron chi connectivity index (χ0n) is 15.2. The molecule has 3 fully saturated rings. The van der Waals surface area contributed by atoms with Crippen LogP contribution in [0.15, 0.2) is 0 Å². The van der Waals surface area contributed by atoms with Crippen LogP contribution in [0.1, 0.15) is 79.1 Å². The lowest BCUT2D eigenvalue weighted by Crippen LogP contribution is -2.59. The average Bonchev–Trinajstić information content (AvgIpc) is 2.41. The number of aliphatic hydroxyl groups excluding tert-OH is 1. The van der Waals surface area contributed by atoms with Crippen molar-refractivity contribution < 1.29 is 9.84 Å². The Hall–Kier alpha value is -0.0800. The van der Waals surface area contributed by atoms with Crippen LogP contribution in [-0.4, -0.2) is 23.9 Å². The van der Waals surface area contributed by atoms with Gasteiger partial charge in [0.25, 0.3) is 0 Å². The maximum Gasteiger partial charge on any atom is 0.0687 e. The molecule has 22 heavy (non-hydrogen) atoms. The van der Waals surface area contributed by atoms with Gasteiger partial charge in [0.1, 0.15) is 0 Å². The zero-order valence-corrected chi connectivity index (χ0v) is 15.2. The molecular formula is C20H36O2. The predicted octanol–water partition coefficient (Wildman–Crippen LogP) is 4.80. The van der Waals surface area contributed by atoms with Gasteiger partial charge in [-0.25, -0.2) is 0 Å². The van der Waals surface area contributed by atoms with Crippen molar-refractivity contribution in [3.05, 3.63) is 0 Å². The van der Waals surface area contributed by atoms with E-state index in [-0.39, 0.29) is 5.60 Å².